The van der Waals surface area contributed by atoms with Gasteiger partial charge in [-0.15, -0.1) is 0 Å². The number of Topliss-reactive ketones (excluding diaryl/α,β-unsaturated/α-hetero) is 1. The molecule has 0 radical (unpaired) electrons. The number of methoxy groups -OCH3 is 1. The van der Waals surface area contributed by atoms with Gasteiger partial charge in [0.2, 0.25) is 0 Å². The molecule has 1 N–H and O–H groups in total. The Morgan fingerprint density at radius 3 is 2.50 bits per heavy atom. The molecule has 0 unspecified atom stereocenters. The molecule has 7 nitrogen and oxygen atoms in total. The van der Waals surface area contributed by atoms with E-state index in [1.165, 1.54) is 7.11 Å². The number of nitrogens with zero attached hydrogens (tertiary/aromatic N) is 3. The number of carbonyl (C=O) groups is 2. The molecule has 1 aliphatic heterocycles. The minimum absolute atomic E-state index is 0.0824. The number of hydrogen-bond acceptors (Lipinski definition) is 6. The number of benzene rings is 1. The lowest BCUT2D eigenvalue weighted by atomic mass is 9.96. The summed E-state index contributed by atoms with van der Waals surface area (Å²) in [4.78, 5) is 33.7. The monoisotopic (exact) mass is 409 g/mol. The van der Waals surface area contributed by atoms with Crippen molar-refractivity contribution in [3.05, 3.63) is 65.5 Å². The van der Waals surface area contributed by atoms with Crippen molar-refractivity contribution in [2.75, 3.05) is 33.3 Å². The van der Waals surface area contributed by atoms with Crippen molar-refractivity contribution in [3.8, 4) is 5.75 Å². The van der Waals surface area contributed by atoms with Crippen LogP contribution in [0.1, 0.15) is 31.0 Å². The zero-order valence-corrected chi connectivity index (χ0v) is 17.5. The summed E-state index contributed by atoms with van der Waals surface area (Å²) < 4.78 is 5.23. The van der Waals surface area contributed by atoms with Crippen LogP contribution in [0.2, 0.25) is 0 Å². The van der Waals surface area contributed by atoms with Crippen LogP contribution in [0.15, 0.2) is 54.4 Å². The van der Waals surface area contributed by atoms with Gasteiger partial charge < -0.3 is 19.6 Å². The molecule has 3 rings (SSSR count). The molecule has 158 valence electrons. The van der Waals surface area contributed by atoms with Gasteiger partial charge in [-0.05, 0) is 42.9 Å². The summed E-state index contributed by atoms with van der Waals surface area (Å²) in [6.45, 7) is 6.84. The van der Waals surface area contributed by atoms with E-state index < -0.39 is 17.7 Å². The van der Waals surface area contributed by atoms with Crippen LogP contribution in [0.25, 0.3) is 5.76 Å². The van der Waals surface area contributed by atoms with E-state index in [9.17, 15) is 14.7 Å². The third-order valence-corrected chi connectivity index (χ3v) is 5.46. The van der Waals surface area contributed by atoms with Crippen LogP contribution in [0.5, 0.6) is 5.75 Å². The SMILES string of the molecule is CCN(CC)CCN1C(=O)C(=O)/C(=C(/O)c2cccc(OC)c2)[C@H]1c1ccncc1. The predicted molar refractivity (Wildman–Crippen MR) is 114 cm³/mol. The van der Waals surface area contributed by atoms with Crippen LogP contribution in [-0.2, 0) is 9.59 Å². The molecule has 0 aliphatic carbocycles. The van der Waals surface area contributed by atoms with Crippen LogP contribution in [0.4, 0.5) is 0 Å². The molecule has 1 aromatic heterocycles. The number of carbonyl (C=O) groups excluding carboxylic acids is 2. The zero-order valence-electron chi connectivity index (χ0n) is 17.5. The Bertz CT molecular complexity index is 938. The first-order valence-electron chi connectivity index (χ1n) is 10.1. The fraction of sp³-hybridized carbons (Fsp3) is 0.348. The highest BCUT2D eigenvalue weighted by Crippen LogP contribution is 2.39. The van der Waals surface area contributed by atoms with Crippen molar-refractivity contribution in [1.29, 1.82) is 0 Å². The average Bonchev–Trinajstić information content (AvgIpc) is 3.04. The maximum atomic E-state index is 13.0. The molecule has 1 atom stereocenters. The van der Waals surface area contributed by atoms with Crippen LogP contribution in [0, 0.1) is 0 Å². The molecule has 0 spiro atoms. The van der Waals surface area contributed by atoms with Gasteiger partial charge >= 0.3 is 0 Å². The Morgan fingerprint density at radius 1 is 1.17 bits per heavy atom. The number of aromatic nitrogens is 1. The van der Waals surface area contributed by atoms with Gasteiger partial charge in [0.05, 0.1) is 18.7 Å². The van der Waals surface area contributed by atoms with E-state index in [2.05, 4.69) is 23.7 Å². The fourth-order valence-corrected chi connectivity index (χ4v) is 3.72. The number of aliphatic hydroxyl groups is 1. The van der Waals surface area contributed by atoms with Gasteiger partial charge in [-0.3, -0.25) is 14.6 Å². The largest absolute Gasteiger partial charge is 0.507 e. The quantitative estimate of drug-likeness (QED) is 0.410. The van der Waals surface area contributed by atoms with Crippen molar-refractivity contribution in [2.24, 2.45) is 0 Å². The summed E-state index contributed by atoms with van der Waals surface area (Å²) in [6.07, 6.45) is 3.23. The minimum Gasteiger partial charge on any atom is -0.507 e. The molecule has 0 saturated carbocycles. The van der Waals surface area contributed by atoms with Crippen molar-refractivity contribution in [2.45, 2.75) is 19.9 Å². The molecule has 2 heterocycles. The van der Waals surface area contributed by atoms with Crippen LogP contribution >= 0.6 is 0 Å². The van der Waals surface area contributed by atoms with Gasteiger partial charge in [0, 0.05) is 31.0 Å². The van der Waals surface area contributed by atoms with Gasteiger partial charge in [0.25, 0.3) is 11.7 Å². The Hall–Kier alpha value is -3.19. The van der Waals surface area contributed by atoms with Crippen molar-refractivity contribution in [1.82, 2.24) is 14.8 Å². The van der Waals surface area contributed by atoms with Gasteiger partial charge in [-0.25, -0.2) is 0 Å². The summed E-state index contributed by atoms with van der Waals surface area (Å²) in [6, 6.07) is 9.66. The molecule has 0 bridgehead atoms. The van der Waals surface area contributed by atoms with Gasteiger partial charge in [-0.2, -0.15) is 0 Å². The van der Waals surface area contributed by atoms with Crippen LogP contribution in [-0.4, -0.2) is 64.9 Å². The number of amides is 1. The first kappa shape index (κ1) is 21.5. The molecule has 1 aliphatic rings. The Balaban J connectivity index is 2.08. The first-order valence-corrected chi connectivity index (χ1v) is 10.1. The van der Waals surface area contributed by atoms with Gasteiger partial charge in [0.1, 0.15) is 11.5 Å². The van der Waals surface area contributed by atoms with Gasteiger partial charge in [-0.1, -0.05) is 26.0 Å². The topological polar surface area (TPSA) is 83.0 Å². The molecule has 1 aromatic carbocycles. The van der Waals surface area contributed by atoms with Gasteiger partial charge in [0.15, 0.2) is 0 Å². The van der Waals surface area contributed by atoms with E-state index in [0.717, 1.165) is 18.7 Å². The summed E-state index contributed by atoms with van der Waals surface area (Å²) in [5.41, 5.74) is 1.24. The smallest absolute Gasteiger partial charge is 0.295 e. The lowest BCUT2D eigenvalue weighted by Gasteiger charge is -2.28. The van der Waals surface area contributed by atoms with E-state index in [0.29, 0.717) is 24.4 Å². The van der Waals surface area contributed by atoms with Crippen molar-refractivity contribution >= 4 is 17.4 Å². The zero-order chi connectivity index (χ0) is 21.7. The standard InChI is InChI=1S/C23H27N3O4/c1-4-25(5-2)13-14-26-20(16-9-11-24-12-10-16)19(22(28)23(26)29)21(27)17-7-6-8-18(15-17)30-3/h6-12,15,20,27H,4-5,13-14H2,1-3H3/b21-19+/t20-/m1/s1. The maximum absolute atomic E-state index is 13.0. The number of hydrogen-bond donors (Lipinski definition) is 1. The lowest BCUT2D eigenvalue weighted by molar-refractivity contribution is -0.140. The molecule has 1 amide bonds. The van der Waals surface area contributed by atoms with E-state index >= 15 is 0 Å². The van der Waals surface area contributed by atoms with Crippen molar-refractivity contribution in [3.63, 3.8) is 0 Å². The van der Waals surface area contributed by atoms with E-state index in [4.69, 9.17) is 4.74 Å². The minimum atomic E-state index is -0.684. The molecule has 1 saturated heterocycles. The normalized spacial score (nSPS) is 18.3. The highest BCUT2D eigenvalue weighted by Gasteiger charge is 2.45. The fourth-order valence-electron chi connectivity index (χ4n) is 3.72. The van der Waals surface area contributed by atoms with Crippen LogP contribution in [0.3, 0.4) is 0 Å². The number of ether oxygens (including phenoxy) is 1. The highest BCUT2D eigenvalue weighted by atomic mass is 16.5. The van der Waals surface area contributed by atoms with E-state index in [1.54, 1.807) is 53.7 Å². The maximum Gasteiger partial charge on any atom is 0.295 e. The summed E-state index contributed by atoms with van der Waals surface area (Å²) in [7, 11) is 1.53. The Morgan fingerprint density at radius 2 is 1.87 bits per heavy atom. The Kier molecular flexibility index (Phi) is 6.84. The molecule has 1 fully saturated rings. The lowest BCUT2D eigenvalue weighted by Crippen LogP contribution is -2.38. The number of likely N-dealkylation sites (tertiary alicyclic amines) is 1. The Labute approximate surface area is 176 Å². The number of rotatable bonds is 8. The molecular formula is C23H27N3O4. The second-order valence-electron chi connectivity index (χ2n) is 7.03. The summed E-state index contributed by atoms with van der Waals surface area (Å²) in [5, 5.41) is 11.0. The van der Waals surface area contributed by atoms with Crippen LogP contribution < -0.4 is 4.74 Å². The molecule has 7 heteroatoms. The number of likely N-dealkylation sites (N-methyl/N-ethyl adjacent to an activating group) is 1. The highest BCUT2D eigenvalue weighted by molar-refractivity contribution is 6.46. The number of pyridine rings is 1. The average molecular weight is 409 g/mol. The second-order valence-corrected chi connectivity index (χ2v) is 7.03. The number of ketones is 1. The third kappa shape index (κ3) is 4.21. The summed E-state index contributed by atoms with van der Waals surface area (Å²) in [5.74, 6) is -0.945. The molecular weight excluding hydrogens is 382 g/mol. The predicted octanol–water partition coefficient (Wildman–Crippen LogP) is 2.85. The number of aliphatic hydroxyl groups excluding tert-OH is 1. The van der Waals surface area contributed by atoms with Crippen molar-refractivity contribution < 1.29 is 19.4 Å². The molecule has 2 aromatic rings. The van der Waals surface area contributed by atoms with E-state index in [1.807, 2.05) is 0 Å². The first-order chi connectivity index (χ1) is 14.5. The van der Waals surface area contributed by atoms with E-state index in [-0.39, 0.29) is 11.3 Å². The summed E-state index contributed by atoms with van der Waals surface area (Å²) >= 11 is 0. The molecule has 30 heavy (non-hydrogen) atoms. The second kappa shape index (κ2) is 9.54. The third-order valence-electron chi connectivity index (χ3n) is 5.46.